The highest BCUT2D eigenvalue weighted by molar-refractivity contribution is 6.07. The fourth-order valence-corrected chi connectivity index (χ4v) is 2.59. The molecule has 0 aliphatic carbocycles. The van der Waals surface area contributed by atoms with E-state index in [4.69, 9.17) is 0 Å². The molecule has 6 heteroatoms. The summed E-state index contributed by atoms with van der Waals surface area (Å²) < 4.78 is 1.71. The first kappa shape index (κ1) is 14.9. The van der Waals surface area contributed by atoms with Crippen LogP contribution < -0.4 is 5.32 Å². The SMILES string of the molecule is O=C(Nc1cnn(-c2ccccc2)c1)c1cn[nH]c1-c1ccccc1. The van der Waals surface area contributed by atoms with E-state index in [-0.39, 0.29) is 5.91 Å². The minimum Gasteiger partial charge on any atom is -0.319 e. The monoisotopic (exact) mass is 329 g/mol. The molecule has 0 aliphatic rings. The highest BCUT2D eigenvalue weighted by atomic mass is 16.1. The van der Waals surface area contributed by atoms with Crippen LogP contribution in [0.25, 0.3) is 16.9 Å². The van der Waals surface area contributed by atoms with Gasteiger partial charge in [0, 0.05) is 5.56 Å². The number of amides is 1. The Labute approximate surface area is 144 Å². The number of aromatic amines is 1. The predicted octanol–water partition coefficient (Wildman–Crippen LogP) is 3.51. The molecule has 2 N–H and O–H groups in total. The van der Waals surface area contributed by atoms with Gasteiger partial charge in [-0.25, -0.2) is 4.68 Å². The van der Waals surface area contributed by atoms with E-state index < -0.39 is 0 Å². The second kappa shape index (κ2) is 6.45. The first-order valence-corrected chi connectivity index (χ1v) is 7.81. The first-order valence-electron chi connectivity index (χ1n) is 7.81. The summed E-state index contributed by atoms with van der Waals surface area (Å²) in [5, 5.41) is 14.0. The van der Waals surface area contributed by atoms with Gasteiger partial charge in [-0.15, -0.1) is 0 Å². The van der Waals surface area contributed by atoms with Crippen molar-refractivity contribution in [3.05, 3.63) is 84.8 Å². The number of carbonyl (C=O) groups is 1. The molecule has 0 radical (unpaired) electrons. The predicted molar refractivity (Wildman–Crippen MR) is 95.5 cm³/mol. The zero-order valence-corrected chi connectivity index (χ0v) is 13.3. The topological polar surface area (TPSA) is 75.6 Å². The minimum atomic E-state index is -0.236. The molecule has 6 nitrogen and oxygen atoms in total. The Balaban J connectivity index is 1.56. The standard InChI is InChI=1S/C19H15N5O/c25-19(17-12-20-23-18(17)14-7-3-1-4-8-14)22-15-11-21-24(13-15)16-9-5-2-6-10-16/h1-13H,(H,20,23)(H,22,25). The molecule has 0 atom stereocenters. The van der Waals surface area contributed by atoms with E-state index in [0.717, 1.165) is 11.3 Å². The van der Waals surface area contributed by atoms with E-state index in [2.05, 4.69) is 20.6 Å². The fraction of sp³-hybridized carbons (Fsp3) is 0. The van der Waals surface area contributed by atoms with Crippen molar-refractivity contribution in [2.24, 2.45) is 0 Å². The number of anilines is 1. The third kappa shape index (κ3) is 3.05. The molecular formula is C19H15N5O. The van der Waals surface area contributed by atoms with Crippen molar-refractivity contribution >= 4 is 11.6 Å². The van der Waals surface area contributed by atoms with Crippen LogP contribution >= 0.6 is 0 Å². The molecule has 0 aliphatic heterocycles. The van der Waals surface area contributed by atoms with Gasteiger partial charge in [-0.1, -0.05) is 48.5 Å². The van der Waals surface area contributed by atoms with Crippen molar-refractivity contribution in [2.75, 3.05) is 5.32 Å². The molecule has 0 unspecified atom stereocenters. The van der Waals surface area contributed by atoms with Crippen LogP contribution in [0.15, 0.2) is 79.3 Å². The molecule has 122 valence electrons. The summed E-state index contributed by atoms with van der Waals surface area (Å²) in [5.74, 6) is -0.236. The zero-order valence-electron chi connectivity index (χ0n) is 13.3. The quantitative estimate of drug-likeness (QED) is 0.601. The maximum atomic E-state index is 12.6. The van der Waals surface area contributed by atoms with Gasteiger partial charge < -0.3 is 5.32 Å². The summed E-state index contributed by atoms with van der Waals surface area (Å²) in [6, 6.07) is 19.3. The average Bonchev–Trinajstić information content (AvgIpc) is 3.33. The lowest BCUT2D eigenvalue weighted by atomic mass is 10.1. The Hall–Kier alpha value is -3.67. The largest absolute Gasteiger partial charge is 0.319 e. The number of para-hydroxylation sites is 1. The summed E-state index contributed by atoms with van der Waals surface area (Å²) in [4.78, 5) is 12.6. The van der Waals surface area contributed by atoms with Crippen LogP contribution in [0.2, 0.25) is 0 Å². The van der Waals surface area contributed by atoms with Crippen molar-refractivity contribution < 1.29 is 4.79 Å². The second-order valence-corrected chi connectivity index (χ2v) is 5.49. The number of benzene rings is 2. The summed E-state index contributed by atoms with van der Waals surface area (Å²) in [7, 11) is 0. The Morgan fingerprint density at radius 2 is 1.68 bits per heavy atom. The van der Waals surface area contributed by atoms with Gasteiger partial charge in [-0.3, -0.25) is 9.89 Å². The molecule has 1 amide bonds. The van der Waals surface area contributed by atoms with Crippen molar-refractivity contribution in [1.29, 1.82) is 0 Å². The first-order chi connectivity index (χ1) is 12.3. The van der Waals surface area contributed by atoms with Gasteiger partial charge in [0.25, 0.3) is 5.91 Å². The van der Waals surface area contributed by atoms with Crippen LogP contribution in [-0.2, 0) is 0 Å². The molecule has 0 fully saturated rings. The van der Waals surface area contributed by atoms with Crippen molar-refractivity contribution in [2.45, 2.75) is 0 Å². The molecule has 25 heavy (non-hydrogen) atoms. The molecule has 2 aromatic carbocycles. The smallest absolute Gasteiger partial charge is 0.259 e. The van der Waals surface area contributed by atoms with Crippen LogP contribution in [0.1, 0.15) is 10.4 Å². The Kier molecular flexibility index (Phi) is 3.84. The third-order valence-corrected chi connectivity index (χ3v) is 3.81. The molecular weight excluding hydrogens is 314 g/mol. The number of aromatic nitrogens is 4. The van der Waals surface area contributed by atoms with Gasteiger partial charge in [0.1, 0.15) is 0 Å². The van der Waals surface area contributed by atoms with E-state index in [9.17, 15) is 4.79 Å². The van der Waals surface area contributed by atoms with Gasteiger partial charge in [-0.05, 0) is 12.1 Å². The molecule has 0 saturated carbocycles. The normalized spacial score (nSPS) is 10.6. The third-order valence-electron chi connectivity index (χ3n) is 3.81. The molecule has 0 bridgehead atoms. The summed E-state index contributed by atoms with van der Waals surface area (Å²) in [5.41, 5.74) is 3.63. The maximum absolute atomic E-state index is 12.6. The Bertz CT molecular complexity index is 989. The van der Waals surface area contributed by atoms with Crippen molar-refractivity contribution in [3.8, 4) is 16.9 Å². The number of rotatable bonds is 4. The number of carbonyl (C=O) groups excluding carboxylic acids is 1. The number of H-pyrrole nitrogens is 1. The maximum Gasteiger partial charge on any atom is 0.259 e. The lowest BCUT2D eigenvalue weighted by Crippen LogP contribution is -2.11. The van der Waals surface area contributed by atoms with Crippen LogP contribution in [0.3, 0.4) is 0 Å². The molecule has 0 saturated heterocycles. The Morgan fingerprint density at radius 3 is 2.44 bits per heavy atom. The lowest BCUT2D eigenvalue weighted by molar-refractivity contribution is 0.102. The van der Waals surface area contributed by atoms with E-state index >= 15 is 0 Å². The molecule has 2 aromatic heterocycles. The van der Waals surface area contributed by atoms with E-state index in [1.165, 1.54) is 6.20 Å². The Morgan fingerprint density at radius 1 is 0.960 bits per heavy atom. The van der Waals surface area contributed by atoms with E-state index in [1.54, 1.807) is 17.1 Å². The number of nitrogens with zero attached hydrogens (tertiary/aromatic N) is 3. The number of nitrogens with one attached hydrogen (secondary N) is 2. The van der Waals surface area contributed by atoms with Crippen LogP contribution in [0, 0.1) is 0 Å². The van der Waals surface area contributed by atoms with E-state index in [0.29, 0.717) is 16.9 Å². The van der Waals surface area contributed by atoms with Gasteiger partial charge in [0.05, 0.1) is 41.2 Å². The van der Waals surface area contributed by atoms with Crippen molar-refractivity contribution in [1.82, 2.24) is 20.0 Å². The molecule has 2 heterocycles. The van der Waals surface area contributed by atoms with Crippen LogP contribution in [0.4, 0.5) is 5.69 Å². The number of hydrogen-bond acceptors (Lipinski definition) is 3. The number of hydrogen-bond donors (Lipinski definition) is 2. The van der Waals surface area contributed by atoms with Gasteiger partial charge in [-0.2, -0.15) is 10.2 Å². The van der Waals surface area contributed by atoms with Gasteiger partial charge >= 0.3 is 0 Å². The summed E-state index contributed by atoms with van der Waals surface area (Å²) in [6.07, 6.45) is 4.92. The van der Waals surface area contributed by atoms with E-state index in [1.807, 2.05) is 60.7 Å². The van der Waals surface area contributed by atoms with Gasteiger partial charge in [0.2, 0.25) is 0 Å². The second-order valence-electron chi connectivity index (χ2n) is 5.49. The fourth-order valence-electron chi connectivity index (χ4n) is 2.59. The minimum absolute atomic E-state index is 0.236. The molecule has 0 spiro atoms. The summed E-state index contributed by atoms with van der Waals surface area (Å²) in [6.45, 7) is 0. The average molecular weight is 329 g/mol. The zero-order chi connectivity index (χ0) is 17.1. The molecule has 4 rings (SSSR count). The lowest BCUT2D eigenvalue weighted by Gasteiger charge is -2.04. The van der Waals surface area contributed by atoms with Crippen molar-refractivity contribution in [3.63, 3.8) is 0 Å². The highest BCUT2D eigenvalue weighted by Crippen LogP contribution is 2.22. The van der Waals surface area contributed by atoms with Crippen LogP contribution in [-0.4, -0.2) is 25.9 Å². The summed E-state index contributed by atoms with van der Waals surface area (Å²) >= 11 is 0. The molecule has 4 aromatic rings. The van der Waals surface area contributed by atoms with Crippen LogP contribution in [0.5, 0.6) is 0 Å². The highest BCUT2D eigenvalue weighted by Gasteiger charge is 2.16. The van der Waals surface area contributed by atoms with Gasteiger partial charge in [0.15, 0.2) is 0 Å².